The minimum absolute atomic E-state index is 0.0151. The highest BCUT2D eigenvalue weighted by atomic mass is 35.5. The van der Waals surface area contributed by atoms with Gasteiger partial charge in [0.15, 0.2) is 6.61 Å². The maximum Gasteiger partial charge on any atom is 0.418 e. The number of halogens is 4. The van der Waals surface area contributed by atoms with E-state index < -0.39 is 17.6 Å². The quantitative estimate of drug-likeness (QED) is 0.481. The van der Waals surface area contributed by atoms with Gasteiger partial charge >= 0.3 is 6.18 Å². The van der Waals surface area contributed by atoms with Crippen LogP contribution in [0.25, 0.3) is 0 Å². The summed E-state index contributed by atoms with van der Waals surface area (Å²) in [5.41, 5.74) is -0.390. The maximum absolute atomic E-state index is 13.0. The van der Waals surface area contributed by atoms with Crippen LogP contribution in [0.4, 0.5) is 18.9 Å². The number of aromatic nitrogens is 2. The van der Waals surface area contributed by atoms with Gasteiger partial charge in [0.05, 0.1) is 17.0 Å². The number of carbonyl (C=O) groups is 1. The number of hydrogen-bond donors (Lipinski definition) is 1. The van der Waals surface area contributed by atoms with Crippen LogP contribution in [0.2, 0.25) is 5.02 Å². The van der Waals surface area contributed by atoms with Gasteiger partial charge in [0, 0.05) is 5.02 Å². The van der Waals surface area contributed by atoms with Gasteiger partial charge in [0.2, 0.25) is 5.91 Å². The standard InChI is InChI=1S/C19H15ClF3N3O3S/c1-11-8-12(20)6-7-15(11)28-9-17-25-26-18(29-17)30-10-16(27)24-14-5-3-2-4-13(14)19(21,22)23/h2-8H,9-10H2,1H3,(H,24,27). The molecule has 1 amide bonds. The first-order valence-corrected chi connectivity index (χ1v) is 9.89. The average molecular weight is 458 g/mol. The van der Waals surface area contributed by atoms with Gasteiger partial charge in [-0.2, -0.15) is 13.2 Å². The molecular weight excluding hydrogens is 443 g/mol. The van der Waals surface area contributed by atoms with Gasteiger partial charge in [-0.15, -0.1) is 10.2 Å². The van der Waals surface area contributed by atoms with Crippen LogP contribution in [0.5, 0.6) is 5.75 Å². The fourth-order valence-corrected chi connectivity index (χ4v) is 3.23. The molecule has 0 atom stereocenters. The molecule has 0 aliphatic carbocycles. The Balaban J connectivity index is 1.52. The number of nitrogens with one attached hydrogen (secondary N) is 1. The molecule has 0 aliphatic heterocycles. The van der Waals surface area contributed by atoms with Gasteiger partial charge in [0.1, 0.15) is 5.75 Å². The van der Waals surface area contributed by atoms with Gasteiger partial charge in [-0.3, -0.25) is 4.79 Å². The third kappa shape index (κ3) is 5.90. The lowest BCUT2D eigenvalue weighted by Crippen LogP contribution is -2.18. The molecule has 158 valence electrons. The number of nitrogens with zero attached hydrogens (tertiary/aromatic N) is 2. The van der Waals surface area contributed by atoms with Gasteiger partial charge in [-0.25, -0.2) is 0 Å². The van der Waals surface area contributed by atoms with Crippen molar-refractivity contribution >= 4 is 35.0 Å². The highest BCUT2D eigenvalue weighted by molar-refractivity contribution is 7.99. The van der Waals surface area contributed by atoms with Crippen molar-refractivity contribution in [3.05, 3.63) is 64.5 Å². The Morgan fingerprint density at radius 1 is 1.23 bits per heavy atom. The summed E-state index contributed by atoms with van der Waals surface area (Å²) in [7, 11) is 0. The van der Waals surface area contributed by atoms with Crippen LogP contribution >= 0.6 is 23.4 Å². The third-order valence-electron chi connectivity index (χ3n) is 3.77. The van der Waals surface area contributed by atoms with Gasteiger partial charge < -0.3 is 14.5 Å². The van der Waals surface area contributed by atoms with E-state index in [1.54, 1.807) is 18.2 Å². The van der Waals surface area contributed by atoms with Crippen LogP contribution < -0.4 is 10.1 Å². The van der Waals surface area contributed by atoms with Crippen molar-refractivity contribution in [1.29, 1.82) is 0 Å². The molecule has 0 bridgehead atoms. The second-order valence-electron chi connectivity index (χ2n) is 6.04. The molecule has 6 nitrogen and oxygen atoms in total. The zero-order chi connectivity index (χ0) is 21.7. The van der Waals surface area contributed by atoms with Gasteiger partial charge in [-0.05, 0) is 42.8 Å². The van der Waals surface area contributed by atoms with Crippen molar-refractivity contribution in [3.63, 3.8) is 0 Å². The summed E-state index contributed by atoms with van der Waals surface area (Å²) in [6.45, 7) is 1.85. The second kappa shape index (κ2) is 9.40. The Bertz CT molecular complexity index is 1040. The Morgan fingerprint density at radius 3 is 2.73 bits per heavy atom. The molecule has 1 N–H and O–H groups in total. The molecule has 0 radical (unpaired) electrons. The van der Waals surface area contributed by atoms with Crippen molar-refractivity contribution in [3.8, 4) is 5.75 Å². The Hall–Kier alpha value is -2.72. The highest BCUT2D eigenvalue weighted by Gasteiger charge is 2.33. The number of hydrogen-bond acceptors (Lipinski definition) is 6. The minimum Gasteiger partial charge on any atom is -0.484 e. The van der Waals surface area contributed by atoms with E-state index in [0.717, 1.165) is 23.4 Å². The highest BCUT2D eigenvalue weighted by Crippen LogP contribution is 2.34. The molecule has 30 heavy (non-hydrogen) atoms. The van der Waals surface area contributed by atoms with Gasteiger partial charge in [-0.1, -0.05) is 35.5 Å². The number of rotatable bonds is 7. The van der Waals surface area contributed by atoms with Crippen molar-refractivity contribution in [1.82, 2.24) is 10.2 Å². The van der Waals surface area contributed by atoms with Crippen molar-refractivity contribution < 1.29 is 27.1 Å². The minimum atomic E-state index is -4.57. The first-order chi connectivity index (χ1) is 14.2. The molecule has 0 spiro atoms. The van der Waals surface area contributed by atoms with Crippen LogP contribution in [0.3, 0.4) is 0 Å². The van der Waals surface area contributed by atoms with E-state index in [9.17, 15) is 18.0 Å². The van der Waals surface area contributed by atoms with Crippen LogP contribution in [-0.2, 0) is 17.6 Å². The summed E-state index contributed by atoms with van der Waals surface area (Å²) >= 11 is 6.79. The lowest BCUT2D eigenvalue weighted by molar-refractivity contribution is -0.137. The lowest BCUT2D eigenvalue weighted by atomic mass is 10.1. The molecule has 0 fully saturated rings. The number of para-hydroxylation sites is 1. The Morgan fingerprint density at radius 2 is 2.00 bits per heavy atom. The zero-order valence-electron chi connectivity index (χ0n) is 15.5. The van der Waals surface area contributed by atoms with Crippen LogP contribution in [0, 0.1) is 6.92 Å². The number of benzene rings is 2. The Labute approximate surface area is 178 Å². The molecule has 3 aromatic rings. The molecule has 3 rings (SSSR count). The van der Waals surface area contributed by atoms with Crippen LogP contribution in [-0.4, -0.2) is 21.9 Å². The predicted molar refractivity (Wildman–Crippen MR) is 106 cm³/mol. The second-order valence-corrected chi connectivity index (χ2v) is 7.40. The molecule has 11 heteroatoms. The number of amides is 1. The molecule has 1 aromatic heterocycles. The van der Waals surface area contributed by atoms with Crippen molar-refractivity contribution in [2.24, 2.45) is 0 Å². The van der Waals surface area contributed by atoms with E-state index in [1.165, 1.54) is 18.2 Å². The normalized spacial score (nSPS) is 11.4. The SMILES string of the molecule is Cc1cc(Cl)ccc1OCc1nnc(SCC(=O)Nc2ccccc2C(F)(F)F)o1. The smallest absolute Gasteiger partial charge is 0.418 e. The first kappa shape index (κ1) is 22.0. The number of alkyl halides is 3. The molecule has 2 aromatic carbocycles. The van der Waals surface area contributed by atoms with Crippen molar-refractivity contribution in [2.45, 2.75) is 24.9 Å². The summed E-state index contributed by atoms with van der Waals surface area (Å²) in [5.74, 6) is -0.0426. The fourth-order valence-electron chi connectivity index (χ4n) is 2.42. The zero-order valence-corrected chi connectivity index (χ0v) is 17.1. The summed E-state index contributed by atoms with van der Waals surface area (Å²) in [6.07, 6.45) is -4.57. The number of carbonyl (C=O) groups excluding carboxylic acids is 1. The number of ether oxygens (including phenoxy) is 1. The van der Waals surface area contributed by atoms with Crippen LogP contribution in [0.1, 0.15) is 17.0 Å². The van der Waals surface area contributed by atoms with Crippen molar-refractivity contribution in [2.75, 3.05) is 11.1 Å². The van der Waals surface area contributed by atoms with E-state index in [1.807, 2.05) is 6.92 Å². The molecular formula is C19H15ClF3N3O3S. The summed E-state index contributed by atoms with van der Waals surface area (Å²) < 4.78 is 49.9. The van der Waals surface area contributed by atoms with Gasteiger partial charge in [0.25, 0.3) is 11.1 Å². The Kier molecular flexibility index (Phi) is 6.88. The summed E-state index contributed by atoms with van der Waals surface area (Å²) in [4.78, 5) is 12.0. The molecule has 0 saturated heterocycles. The van der Waals surface area contributed by atoms with E-state index >= 15 is 0 Å². The van der Waals surface area contributed by atoms with Crippen LogP contribution in [0.15, 0.2) is 52.1 Å². The number of aryl methyl sites for hydroxylation is 1. The fraction of sp³-hybridized carbons (Fsp3) is 0.211. The average Bonchev–Trinajstić information content (AvgIpc) is 3.13. The largest absolute Gasteiger partial charge is 0.484 e. The van der Waals surface area contributed by atoms with E-state index in [4.69, 9.17) is 20.8 Å². The topological polar surface area (TPSA) is 77.2 Å². The monoisotopic (exact) mass is 457 g/mol. The van der Waals surface area contributed by atoms with E-state index in [0.29, 0.717) is 10.8 Å². The number of anilines is 1. The molecule has 0 aliphatic rings. The summed E-state index contributed by atoms with van der Waals surface area (Å²) in [5, 5.41) is 10.5. The lowest BCUT2D eigenvalue weighted by Gasteiger charge is -2.13. The first-order valence-electron chi connectivity index (χ1n) is 8.52. The van der Waals surface area contributed by atoms with E-state index in [2.05, 4.69) is 15.5 Å². The molecule has 0 saturated carbocycles. The molecule has 0 unspecified atom stereocenters. The third-order valence-corrected chi connectivity index (χ3v) is 4.82. The predicted octanol–water partition coefficient (Wildman–Crippen LogP) is 5.36. The summed E-state index contributed by atoms with van der Waals surface area (Å²) in [6, 6.07) is 9.90. The number of thioether (sulfide) groups is 1. The maximum atomic E-state index is 13.0. The molecule has 1 heterocycles. The van der Waals surface area contributed by atoms with E-state index in [-0.39, 0.29) is 29.2 Å².